The Bertz CT molecular complexity index is 566. The van der Waals surface area contributed by atoms with E-state index in [4.69, 9.17) is 19.9 Å². The molecule has 0 radical (unpaired) electrons. The van der Waals surface area contributed by atoms with Crippen LogP contribution in [0.3, 0.4) is 0 Å². The van der Waals surface area contributed by atoms with E-state index in [1.54, 1.807) is 0 Å². The van der Waals surface area contributed by atoms with Gasteiger partial charge in [-0.05, 0) is 26.3 Å². The van der Waals surface area contributed by atoms with Crippen LogP contribution in [0, 0.1) is 0 Å². The average molecular weight is 348 g/mol. The Morgan fingerprint density at radius 2 is 1.64 bits per heavy atom. The lowest BCUT2D eigenvalue weighted by molar-refractivity contribution is -0.234. The standard InChI is InChI=1S/C20H32N2O3/c1-4-7-8-9-10-11-15-23-17-14-12-13-16-18(17)19(21)22-20(16,24-5-2)25-6-3/h12-14H,4-11,15H2,1-3H3,(H2,21,22). The number of nitrogens with zero attached hydrogens (tertiary/aromatic N) is 1. The van der Waals surface area contributed by atoms with Gasteiger partial charge in [-0.3, -0.25) is 0 Å². The summed E-state index contributed by atoms with van der Waals surface area (Å²) in [6.45, 7) is 7.73. The van der Waals surface area contributed by atoms with Crippen LogP contribution in [0.5, 0.6) is 5.75 Å². The quantitative estimate of drug-likeness (QED) is 0.451. The highest BCUT2D eigenvalue weighted by Gasteiger charge is 2.43. The first-order chi connectivity index (χ1) is 12.2. The Hall–Kier alpha value is -1.59. The summed E-state index contributed by atoms with van der Waals surface area (Å²) in [7, 11) is 0. The summed E-state index contributed by atoms with van der Waals surface area (Å²) in [6, 6.07) is 5.82. The molecule has 2 N–H and O–H groups in total. The van der Waals surface area contributed by atoms with Crippen molar-refractivity contribution in [1.82, 2.24) is 0 Å². The monoisotopic (exact) mass is 348 g/mol. The number of unbranched alkanes of at least 4 members (excludes halogenated alkanes) is 5. The molecule has 25 heavy (non-hydrogen) atoms. The summed E-state index contributed by atoms with van der Waals surface area (Å²) in [5.74, 6) is 0.0339. The SMILES string of the molecule is CCCCCCCCOc1cccc2c1C(N)=NC2(OCC)OCC. The van der Waals surface area contributed by atoms with E-state index in [1.807, 2.05) is 32.0 Å². The van der Waals surface area contributed by atoms with E-state index in [0.717, 1.165) is 23.3 Å². The molecule has 0 atom stereocenters. The summed E-state index contributed by atoms with van der Waals surface area (Å²) in [5, 5.41) is 0. The van der Waals surface area contributed by atoms with E-state index in [2.05, 4.69) is 11.9 Å². The molecule has 2 rings (SSSR count). The van der Waals surface area contributed by atoms with E-state index in [-0.39, 0.29) is 0 Å². The zero-order chi connectivity index (χ0) is 18.1. The minimum absolute atomic E-state index is 0.412. The first-order valence-electron chi connectivity index (χ1n) is 9.58. The van der Waals surface area contributed by atoms with Gasteiger partial charge in [-0.2, -0.15) is 0 Å². The van der Waals surface area contributed by atoms with Gasteiger partial charge >= 0.3 is 5.91 Å². The third-order valence-corrected chi connectivity index (χ3v) is 4.33. The molecule has 5 heteroatoms. The topological polar surface area (TPSA) is 66.1 Å². The Labute approximate surface area is 151 Å². The molecule has 140 valence electrons. The zero-order valence-corrected chi connectivity index (χ0v) is 15.8. The van der Waals surface area contributed by atoms with E-state index in [9.17, 15) is 0 Å². The Morgan fingerprint density at radius 1 is 0.960 bits per heavy atom. The summed E-state index contributed by atoms with van der Waals surface area (Å²) in [4.78, 5) is 4.48. The number of fused-ring (bicyclic) bond motifs is 1. The molecule has 1 aromatic carbocycles. The molecule has 0 saturated heterocycles. The van der Waals surface area contributed by atoms with Gasteiger partial charge in [-0.1, -0.05) is 51.2 Å². The molecule has 0 saturated carbocycles. The Kier molecular flexibility index (Phi) is 7.72. The van der Waals surface area contributed by atoms with E-state index >= 15 is 0 Å². The fourth-order valence-electron chi connectivity index (χ4n) is 3.17. The number of hydrogen-bond donors (Lipinski definition) is 1. The van der Waals surface area contributed by atoms with Gasteiger partial charge in [0.2, 0.25) is 0 Å². The van der Waals surface area contributed by atoms with Crippen molar-refractivity contribution in [3.05, 3.63) is 29.3 Å². The number of amidine groups is 1. The van der Waals surface area contributed by atoms with Crippen LogP contribution in [-0.2, 0) is 15.4 Å². The fraction of sp³-hybridized carbons (Fsp3) is 0.650. The summed E-state index contributed by atoms with van der Waals surface area (Å²) in [5.41, 5.74) is 7.81. The maximum absolute atomic E-state index is 6.18. The third kappa shape index (κ3) is 4.73. The molecule has 0 unspecified atom stereocenters. The van der Waals surface area contributed by atoms with Gasteiger partial charge < -0.3 is 19.9 Å². The summed E-state index contributed by atoms with van der Waals surface area (Å²) in [6.07, 6.45) is 7.41. The molecule has 1 heterocycles. The first-order valence-corrected chi connectivity index (χ1v) is 9.58. The zero-order valence-electron chi connectivity index (χ0n) is 15.8. The van der Waals surface area contributed by atoms with Crippen LogP contribution >= 0.6 is 0 Å². The predicted octanol–water partition coefficient (Wildman–Crippen LogP) is 4.33. The van der Waals surface area contributed by atoms with Crippen LogP contribution in [0.4, 0.5) is 0 Å². The summed E-state index contributed by atoms with van der Waals surface area (Å²) < 4.78 is 17.6. The highest BCUT2D eigenvalue weighted by Crippen LogP contribution is 2.40. The second kappa shape index (κ2) is 9.78. The number of benzene rings is 1. The first kappa shape index (κ1) is 19.7. The van der Waals surface area contributed by atoms with Crippen molar-refractivity contribution in [1.29, 1.82) is 0 Å². The number of hydrogen-bond acceptors (Lipinski definition) is 5. The summed E-state index contributed by atoms with van der Waals surface area (Å²) >= 11 is 0. The van der Waals surface area contributed by atoms with Crippen LogP contribution in [0.1, 0.15) is 70.4 Å². The lowest BCUT2D eigenvalue weighted by Crippen LogP contribution is -2.29. The van der Waals surface area contributed by atoms with Gasteiger partial charge in [-0.15, -0.1) is 0 Å². The molecule has 0 aromatic heterocycles. The van der Waals surface area contributed by atoms with Gasteiger partial charge in [0.15, 0.2) is 0 Å². The maximum atomic E-state index is 6.18. The second-order valence-electron chi connectivity index (χ2n) is 6.24. The molecule has 1 aliphatic heterocycles. The second-order valence-corrected chi connectivity index (χ2v) is 6.24. The van der Waals surface area contributed by atoms with Gasteiger partial charge in [0.1, 0.15) is 11.6 Å². The molecule has 1 aliphatic rings. The van der Waals surface area contributed by atoms with Crippen molar-refractivity contribution in [3.63, 3.8) is 0 Å². The lowest BCUT2D eigenvalue weighted by atomic mass is 10.1. The normalized spacial score (nSPS) is 15.1. The van der Waals surface area contributed by atoms with Crippen molar-refractivity contribution < 1.29 is 14.2 Å². The van der Waals surface area contributed by atoms with Gasteiger partial charge in [0.05, 0.1) is 17.7 Å². The van der Waals surface area contributed by atoms with Crippen molar-refractivity contribution in [2.45, 2.75) is 65.2 Å². The van der Waals surface area contributed by atoms with Crippen LogP contribution < -0.4 is 10.5 Å². The smallest absolute Gasteiger partial charge is 0.300 e. The molecule has 0 aliphatic carbocycles. The number of nitrogens with two attached hydrogens (primary N) is 1. The van der Waals surface area contributed by atoms with E-state index in [1.165, 1.54) is 32.1 Å². The van der Waals surface area contributed by atoms with Crippen molar-refractivity contribution in [3.8, 4) is 5.75 Å². The number of aliphatic imine (C=N–C) groups is 1. The van der Waals surface area contributed by atoms with Crippen molar-refractivity contribution >= 4 is 5.84 Å². The molecule has 0 bridgehead atoms. The highest BCUT2D eigenvalue weighted by molar-refractivity contribution is 6.04. The molecule has 0 amide bonds. The average Bonchev–Trinajstić information content (AvgIpc) is 2.88. The van der Waals surface area contributed by atoms with Crippen LogP contribution in [0.2, 0.25) is 0 Å². The van der Waals surface area contributed by atoms with Gasteiger partial charge in [0, 0.05) is 13.2 Å². The predicted molar refractivity (Wildman–Crippen MR) is 101 cm³/mol. The largest absolute Gasteiger partial charge is 0.493 e. The van der Waals surface area contributed by atoms with E-state index < -0.39 is 5.91 Å². The molecule has 1 aromatic rings. The van der Waals surface area contributed by atoms with Crippen molar-refractivity contribution in [2.75, 3.05) is 19.8 Å². The highest BCUT2D eigenvalue weighted by atomic mass is 16.7. The molecular weight excluding hydrogens is 316 g/mol. The van der Waals surface area contributed by atoms with Crippen LogP contribution in [0.15, 0.2) is 23.2 Å². The Morgan fingerprint density at radius 3 is 2.32 bits per heavy atom. The number of ether oxygens (including phenoxy) is 3. The molecule has 0 fully saturated rings. The molecule has 5 nitrogen and oxygen atoms in total. The molecule has 0 spiro atoms. The van der Waals surface area contributed by atoms with E-state index in [0.29, 0.717) is 25.7 Å². The Balaban J connectivity index is 2.04. The minimum atomic E-state index is -1.14. The van der Waals surface area contributed by atoms with Gasteiger partial charge in [-0.25, -0.2) is 4.99 Å². The fourth-order valence-corrected chi connectivity index (χ4v) is 3.17. The lowest BCUT2D eigenvalue weighted by Gasteiger charge is -2.26. The van der Waals surface area contributed by atoms with Crippen LogP contribution in [0.25, 0.3) is 0 Å². The third-order valence-electron chi connectivity index (χ3n) is 4.33. The number of rotatable bonds is 12. The molecular formula is C20H32N2O3. The van der Waals surface area contributed by atoms with Crippen molar-refractivity contribution in [2.24, 2.45) is 10.7 Å². The minimum Gasteiger partial charge on any atom is -0.493 e. The van der Waals surface area contributed by atoms with Gasteiger partial charge in [0.25, 0.3) is 0 Å². The van der Waals surface area contributed by atoms with Crippen LogP contribution in [-0.4, -0.2) is 25.7 Å². The maximum Gasteiger partial charge on any atom is 0.300 e.